The Morgan fingerprint density at radius 3 is 2.71 bits per heavy atom. The van der Waals surface area contributed by atoms with E-state index in [9.17, 15) is 8.78 Å². The highest BCUT2D eigenvalue weighted by molar-refractivity contribution is 5.15. The molecule has 0 spiro atoms. The van der Waals surface area contributed by atoms with E-state index in [1.165, 1.54) is 20.1 Å². The molecule has 0 amide bonds. The second kappa shape index (κ2) is 4.06. The zero-order chi connectivity index (χ0) is 10.8. The predicted molar refractivity (Wildman–Crippen MR) is 47.0 cm³/mol. The van der Waals surface area contributed by atoms with Gasteiger partial charge in [0.05, 0.1) is 0 Å². The topological polar surface area (TPSA) is 48.4 Å². The molecule has 0 fully saturated rings. The molecule has 1 aromatic heterocycles. The number of hydrogen-bond acceptors (Lipinski definition) is 3. The molecule has 0 saturated heterocycles. The van der Waals surface area contributed by atoms with Crippen molar-refractivity contribution in [2.24, 2.45) is 5.73 Å². The van der Waals surface area contributed by atoms with Gasteiger partial charge in [0.25, 0.3) is 6.43 Å². The van der Waals surface area contributed by atoms with Crippen LogP contribution in [0.2, 0.25) is 0 Å². The fourth-order valence-corrected chi connectivity index (χ4v) is 0.995. The van der Waals surface area contributed by atoms with E-state index in [2.05, 4.69) is 0 Å². The zero-order valence-corrected chi connectivity index (χ0v) is 8.09. The van der Waals surface area contributed by atoms with E-state index in [1.807, 2.05) is 0 Å². The molecule has 1 rings (SSSR count). The van der Waals surface area contributed by atoms with Gasteiger partial charge >= 0.3 is 0 Å². The minimum absolute atomic E-state index is 0.0690. The van der Waals surface area contributed by atoms with Crippen molar-refractivity contribution in [2.45, 2.75) is 25.5 Å². The van der Waals surface area contributed by atoms with E-state index in [0.717, 1.165) is 0 Å². The summed E-state index contributed by atoms with van der Waals surface area (Å²) >= 11 is 0. The fourth-order valence-electron chi connectivity index (χ4n) is 0.995. The maximum Gasteiger partial charge on any atom is 0.263 e. The Morgan fingerprint density at radius 2 is 2.21 bits per heavy atom. The predicted octanol–water partition coefficient (Wildman–Crippen LogP) is 1.86. The Balaban J connectivity index is 2.85. The average molecular weight is 205 g/mol. The van der Waals surface area contributed by atoms with Crippen LogP contribution in [-0.2, 0) is 16.9 Å². The maximum absolute atomic E-state index is 12.5. The van der Waals surface area contributed by atoms with Crippen molar-refractivity contribution in [1.82, 2.24) is 0 Å². The van der Waals surface area contributed by atoms with Crippen molar-refractivity contribution in [2.75, 3.05) is 7.11 Å². The molecule has 0 aliphatic heterocycles. The van der Waals surface area contributed by atoms with Crippen LogP contribution in [0.5, 0.6) is 0 Å². The molecule has 0 radical (unpaired) electrons. The van der Waals surface area contributed by atoms with Crippen LogP contribution in [0.25, 0.3) is 0 Å². The van der Waals surface area contributed by atoms with Gasteiger partial charge in [-0.3, -0.25) is 0 Å². The minimum Gasteiger partial charge on any atom is -0.461 e. The molecule has 80 valence electrons. The molecule has 2 N–H and O–H groups in total. The molecule has 0 bridgehead atoms. The molecule has 0 aromatic carbocycles. The van der Waals surface area contributed by atoms with Gasteiger partial charge in [-0.05, 0) is 19.1 Å². The summed E-state index contributed by atoms with van der Waals surface area (Å²) in [7, 11) is 1.50. The van der Waals surface area contributed by atoms with Crippen LogP contribution in [0.15, 0.2) is 16.5 Å². The van der Waals surface area contributed by atoms with Crippen LogP contribution in [0, 0.1) is 0 Å². The lowest BCUT2D eigenvalue weighted by Gasteiger charge is -2.20. The average Bonchev–Trinajstić information content (AvgIpc) is 2.53. The van der Waals surface area contributed by atoms with Gasteiger partial charge in [-0.2, -0.15) is 0 Å². The molecule has 0 aliphatic rings. The van der Waals surface area contributed by atoms with Crippen molar-refractivity contribution in [3.8, 4) is 0 Å². The van der Waals surface area contributed by atoms with Crippen molar-refractivity contribution >= 4 is 0 Å². The molecule has 3 nitrogen and oxygen atoms in total. The summed E-state index contributed by atoms with van der Waals surface area (Å²) in [6, 6.07) is 3.02. The third kappa shape index (κ3) is 2.10. The molecule has 1 aromatic rings. The molecular formula is C9H13F2NO2. The van der Waals surface area contributed by atoms with Crippen molar-refractivity contribution < 1.29 is 17.9 Å². The van der Waals surface area contributed by atoms with Gasteiger partial charge in [-0.1, -0.05) is 0 Å². The molecule has 1 unspecified atom stereocenters. The summed E-state index contributed by atoms with van der Waals surface area (Å²) in [4.78, 5) is 0. The number of rotatable bonds is 4. The first kappa shape index (κ1) is 11.1. The Morgan fingerprint density at radius 1 is 1.57 bits per heavy atom. The Hall–Kier alpha value is -0.940. The molecule has 0 saturated carbocycles. The van der Waals surface area contributed by atoms with Crippen LogP contribution in [0.1, 0.15) is 18.4 Å². The number of methoxy groups -OCH3 is 1. The Labute approximate surface area is 80.8 Å². The van der Waals surface area contributed by atoms with Crippen molar-refractivity contribution in [3.63, 3.8) is 0 Å². The summed E-state index contributed by atoms with van der Waals surface area (Å²) < 4.78 is 34.9. The monoisotopic (exact) mass is 205 g/mol. The lowest BCUT2D eigenvalue weighted by atomic mass is 10.0. The first-order chi connectivity index (χ1) is 6.48. The number of ether oxygens (including phenoxy) is 1. The van der Waals surface area contributed by atoms with Gasteiger partial charge in [-0.15, -0.1) is 0 Å². The van der Waals surface area contributed by atoms with Gasteiger partial charge in [0.15, 0.2) is 0 Å². The third-order valence-corrected chi connectivity index (χ3v) is 1.93. The molecule has 1 heterocycles. The maximum atomic E-state index is 12.5. The van der Waals surface area contributed by atoms with E-state index in [1.54, 1.807) is 6.07 Å². The standard InChI is InChI=1S/C9H13F2NO2/c1-9(12,8(10)11)7-4-3-6(14-7)5-13-2/h3-4,8H,5,12H2,1-2H3. The van der Waals surface area contributed by atoms with Gasteiger partial charge in [0.1, 0.15) is 23.7 Å². The van der Waals surface area contributed by atoms with E-state index in [0.29, 0.717) is 5.76 Å². The number of furan rings is 1. The first-order valence-corrected chi connectivity index (χ1v) is 4.13. The minimum atomic E-state index is -2.66. The highest BCUT2D eigenvalue weighted by atomic mass is 19.3. The third-order valence-electron chi connectivity index (χ3n) is 1.93. The quantitative estimate of drug-likeness (QED) is 0.816. The van der Waals surface area contributed by atoms with Gasteiger partial charge in [0.2, 0.25) is 0 Å². The van der Waals surface area contributed by atoms with Crippen molar-refractivity contribution in [1.29, 1.82) is 0 Å². The van der Waals surface area contributed by atoms with Crippen LogP contribution in [0.3, 0.4) is 0 Å². The van der Waals surface area contributed by atoms with Gasteiger partial charge in [0, 0.05) is 7.11 Å². The van der Waals surface area contributed by atoms with E-state index in [4.69, 9.17) is 14.9 Å². The summed E-state index contributed by atoms with van der Waals surface area (Å²) in [5, 5.41) is 0. The van der Waals surface area contributed by atoms with Crippen LogP contribution >= 0.6 is 0 Å². The molecule has 14 heavy (non-hydrogen) atoms. The summed E-state index contributed by atoms with van der Waals surface area (Å²) in [6.45, 7) is 1.48. The highest BCUT2D eigenvalue weighted by Crippen LogP contribution is 2.26. The molecule has 5 heteroatoms. The van der Waals surface area contributed by atoms with E-state index in [-0.39, 0.29) is 12.4 Å². The van der Waals surface area contributed by atoms with Crippen LogP contribution < -0.4 is 5.73 Å². The lowest BCUT2D eigenvalue weighted by molar-refractivity contribution is 0.0478. The first-order valence-electron chi connectivity index (χ1n) is 4.13. The molecule has 0 aliphatic carbocycles. The number of halogens is 2. The van der Waals surface area contributed by atoms with Crippen LogP contribution in [-0.4, -0.2) is 13.5 Å². The number of nitrogens with two attached hydrogens (primary N) is 1. The van der Waals surface area contributed by atoms with E-state index >= 15 is 0 Å². The smallest absolute Gasteiger partial charge is 0.263 e. The summed E-state index contributed by atoms with van der Waals surface area (Å²) in [6.07, 6.45) is -2.66. The second-order valence-electron chi connectivity index (χ2n) is 3.28. The van der Waals surface area contributed by atoms with Crippen molar-refractivity contribution in [3.05, 3.63) is 23.7 Å². The van der Waals surface area contributed by atoms with Gasteiger partial charge in [-0.25, -0.2) is 8.78 Å². The van der Waals surface area contributed by atoms with E-state index < -0.39 is 12.0 Å². The summed E-state index contributed by atoms with van der Waals surface area (Å²) in [5.41, 5.74) is 3.66. The zero-order valence-electron chi connectivity index (χ0n) is 8.09. The largest absolute Gasteiger partial charge is 0.461 e. The second-order valence-corrected chi connectivity index (χ2v) is 3.28. The van der Waals surface area contributed by atoms with Gasteiger partial charge < -0.3 is 14.9 Å². The SMILES string of the molecule is COCc1ccc(C(C)(N)C(F)F)o1. The highest BCUT2D eigenvalue weighted by Gasteiger charge is 2.35. The Bertz CT molecular complexity index is 297. The molecular weight excluding hydrogens is 192 g/mol. The fraction of sp³-hybridized carbons (Fsp3) is 0.556. The van der Waals surface area contributed by atoms with Crippen LogP contribution in [0.4, 0.5) is 8.78 Å². The lowest BCUT2D eigenvalue weighted by Crippen LogP contribution is -2.40. The summed E-state index contributed by atoms with van der Waals surface area (Å²) in [5.74, 6) is 0.555. The number of hydrogen-bond donors (Lipinski definition) is 1. The number of alkyl halides is 2. The Kier molecular flexibility index (Phi) is 3.23. The molecule has 1 atom stereocenters. The normalized spacial score (nSPS) is 15.9.